The smallest absolute Gasteiger partial charge is 0.323 e. The summed E-state index contributed by atoms with van der Waals surface area (Å²) < 4.78 is 5.30. The van der Waals surface area contributed by atoms with Crippen molar-refractivity contribution in [2.24, 2.45) is 0 Å². The minimum absolute atomic E-state index is 0.189. The number of carbonyl (C=O) groups excluding carboxylic acids is 1. The van der Waals surface area contributed by atoms with Crippen molar-refractivity contribution in [2.45, 2.75) is 19.9 Å². The molecule has 7 nitrogen and oxygen atoms in total. The third kappa shape index (κ3) is 4.18. The van der Waals surface area contributed by atoms with Crippen LogP contribution in [0.5, 0.6) is 5.88 Å². The Balaban J connectivity index is 1.82. The molecule has 0 saturated carbocycles. The summed E-state index contributed by atoms with van der Waals surface area (Å²) in [5.41, 5.74) is 2.69. The number of hydrogen-bond donors (Lipinski definition) is 3. The van der Waals surface area contributed by atoms with E-state index >= 15 is 0 Å². The van der Waals surface area contributed by atoms with Crippen LogP contribution in [0, 0.1) is 0 Å². The highest BCUT2D eigenvalue weighted by Crippen LogP contribution is 2.25. The third-order valence-corrected chi connectivity index (χ3v) is 3.54. The van der Waals surface area contributed by atoms with Crippen LogP contribution in [0.3, 0.4) is 0 Å². The zero-order valence-corrected chi connectivity index (χ0v) is 14.9. The van der Waals surface area contributed by atoms with Crippen molar-refractivity contribution < 1.29 is 9.53 Å². The molecular formula is C19H21N5O2. The molecule has 1 heterocycles. The minimum atomic E-state index is -0.322. The number of benzene rings is 2. The van der Waals surface area contributed by atoms with Gasteiger partial charge in [0.15, 0.2) is 5.82 Å². The number of anilines is 3. The summed E-state index contributed by atoms with van der Waals surface area (Å²) in [7, 11) is 1.56. The van der Waals surface area contributed by atoms with E-state index in [4.69, 9.17) is 4.74 Å². The number of amides is 2. The van der Waals surface area contributed by atoms with Gasteiger partial charge in [0.25, 0.3) is 5.88 Å². The van der Waals surface area contributed by atoms with Crippen LogP contribution >= 0.6 is 0 Å². The van der Waals surface area contributed by atoms with Gasteiger partial charge in [-0.15, -0.1) is 0 Å². The van der Waals surface area contributed by atoms with Gasteiger partial charge in [0.05, 0.1) is 18.1 Å². The van der Waals surface area contributed by atoms with Crippen LogP contribution in [-0.2, 0) is 0 Å². The normalized spacial score (nSPS) is 10.6. The second kappa shape index (κ2) is 7.69. The Bertz CT molecular complexity index is 912. The number of hydrogen-bond acceptors (Lipinski definition) is 5. The molecule has 0 aliphatic carbocycles. The minimum Gasteiger partial charge on any atom is -0.478 e. The highest BCUT2D eigenvalue weighted by Gasteiger charge is 2.11. The topological polar surface area (TPSA) is 88.2 Å². The molecule has 0 aliphatic rings. The second-order valence-electron chi connectivity index (χ2n) is 6.03. The first-order valence-corrected chi connectivity index (χ1v) is 8.30. The molecular weight excluding hydrogens is 330 g/mol. The highest BCUT2D eigenvalue weighted by atomic mass is 16.5. The molecule has 0 saturated heterocycles. The molecule has 3 N–H and O–H groups in total. The van der Waals surface area contributed by atoms with E-state index in [0.29, 0.717) is 28.4 Å². The average Bonchev–Trinajstić information content (AvgIpc) is 2.61. The van der Waals surface area contributed by atoms with Crippen molar-refractivity contribution in [2.75, 3.05) is 23.1 Å². The Morgan fingerprint density at radius 2 is 1.69 bits per heavy atom. The Morgan fingerprint density at radius 3 is 2.38 bits per heavy atom. The number of urea groups is 1. The predicted octanol–water partition coefficient (Wildman–Crippen LogP) is 4.10. The number of fused-ring (bicyclic) bond motifs is 1. The van der Waals surface area contributed by atoms with Gasteiger partial charge in [0.2, 0.25) is 0 Å². The number of nitrogens with one attached hydrogen (secondary N) is 3. The lowest BCUT2D eigenvalue weighted by Gasteiger charge is -2.13. The lowest BCUT2D eigenvalue weighted by molar-refractivity contribution is 0.262. The molecule has 0 radical (unpaired) electrons. The molecule has 0 unspecified atom stereocenters. The van der Waals surface area contributed by atoms with Crippen molar-refractivity contribution in [3.8, 4) is 5.88 Å². The van der Waals surface area contributed by atoms with Crippen LogP contribution in [0.25, 0.3) is 11.0 Å². The fraction of sp³-hybridized carbons (Fsp3) is 0.211. The van der Waals surface area contributed by atoms with Crippen molar-refractivity contribution >= 4 is 34.3 Å². The van der Waals surface area contributed by atoms with Gasteiger partial charge in [0, 0.05) is 17.4 Å². The van der Waals surface area contributed by atoms with E-state index in [1.54, 1.807) is 25.3 Å². The molecule has 0 atom stereocenters. The SMILES string of the molecule is COc1nc2ccc(NC(=O)Nc3ccccc3)cc2nc1NC(C)C. The first-order chi connectivity index (χ1) is 12.5. The Hall–Kier alpha value is -3.35. The zero-order chi connectivity index (χ0) is 18.5. The standard InChI is InChI=1S/C19H21N5O2/c1-12(2)20-17-18(26-3)24-15-10-9-14(11-16(15)23-17)22-19(25)21-13-7-5-4-6-8-13/h4-12H,1-3H3,(H,20,23)(H2,21,22,25). The van der Waals surface area contributed by atoms with Crippen molar-refractivity contribution in [3.05, 3.63) is 48.5 Å². The highest BCUT2D eigenvalue weighted by molar-refractivity contribution is 6.00. The summed E-state index contributed by atoms with van der Waals surface area (Å²) in [4.78, 5) is 21.2. The molecule has 2 amide bonds. The first-order valence-electron chi connectivity index (χ1n) is 8.30. The van der Waals surface area contributed by atoms with Crippen LogP contribution in [0.1, 0.15) is 13.8 Å². The van der Waals surface area contributed by atoms with Crippen molar-refractivity contribution in [1.82, 2.24) is 9.97 Å². The van der Waals surface area contributed by atoms with E-state index in [2.05, 4.69) is 25.9 Å². The fourth-order valence-corrected chi connectivity index (χ4v) is 2.44. The molecule has 0 spiro atoms. The molecule has 7 heteroatoms. The van der Waals surface area contributed by atoms with Gasteiger partial charge in [0.1, 0.15) is 0 Å². The summed E-state index contributed by atoms with van der Waals surface area (Å²) in [6.45, 7) is 4.02. The fourth-order valence-electron chi connectivity index (χ4n) is 2.44. The van der Waals surface area contributed by atoms with Gasteiger partial charge >= 0.3 is 6.03 Å². The van der Waals surface area contributed by atoms with Gasteiger partial charge in [-0.1, -0.05) is 18.2 Å². The second-order valence-corrected chi connectivity index (χ2v) is 6.03. The molecule has 134 valence electrons. The van der Waals surface area contributed by atoms with Gasteiger partial charge < -0.3 is 20.7 Å². The molecule has 0 bridgehead atoms. The number of nitrogens with zero attached hydrogens (tertiary/aromatic N) is 2. The van der Waals surface area contributed by atoms with Gasteiger partial charge in [-0.2, -0.15) is 0 Å². The van der Waals surface area contributed by atoms with Crippen LogP contribution in [0.15, 0.2) is 48.5 Å². The maximum atomic E-state index is 12.1. The molecule has 0 fully saturated rings. The zero-order valence-electron chi connectivity index (χ0n) is 14.9. The average molecular weight is 351 g/mol. The Kier molecular flexibility index (Phi) is 5.17. The number of methoxy groups -OCH3 is 1. The maximum absolute atomic E-state index is 12.1. The summed E-state index contributed by atoms with van der Waals surface area (Å²) >= 11 is 0. The van der Waals surface area contributed by atoms with Gasteiger partial charge in [-0.05, 0) is 44.2 Å². The molecule has 3 aromatic rings. The van der Waals surface area contributed by atoms with Gasteiger partial charge in [-0.25, -0.2) is 14.8 Å². The van der Waals surface area contributed by atoms with E-state index in [-0.39, 0.29) is 12.1 Å². The third-order valence-electron chi connectivity index (χ3n) is 3.54. The van der Waals surface area contributed by atoms with Crippen LogP contribution in [0.2, 0.25) is 0 Å². The first kappa shape index (κ1) is 17.5. The summed E-state index contributed by atoms with van der Waals surface area (Å²) in [6, 6.07) is 14.5. The molecule has 26 heavy (non-hydrogen) atoms. The van der Waals surface area contributed by atoms with Crippen LogP contribution < -0.4 is 20.7 Å². The predicted molar refractivity (Wildman–Crippen MR) is 104 cm³/mol. The van der Waals surface area contributed by atoms with E-state index < -0.39 is 0 Å². The Labute approximate surface area is 151 Å². The lowest BCUT2D eigenvalue weighted by atomic mass is 10.2. The molecule has 0 aliphatic heterocycles. The molecule has 2 aromatic carbocycles. The summed E-state index contributed by atoms with van der Waals surface area (Å²) in [6.07, 6.45) is 0. The number of carbonyl (C=O) groups is 1. The number of rotatable bonds is 5. The van der Waals surface area contributed by atoms with E-state index in [9.17, 15) is 4.79 Å². The monoisotopic (exact) mass is 351 g/mol. The van der Waals surface area contributed by atoms with Crippen LogP contribution in [-0.4, -0.2) is 29.2 Å². The quantitative estimate of drug-likeness (QED) is 0.644. The van der Waals surface area contributed by atoms with E-state index in [0.717, 1.165) is 5.69 Å². The van der Waals surface area contributed by atoms with Crippen molar-refractivity contribution in [1.29, 1.82) is 0 Å². The van der Waals surface area contributed by atoms with Crippen LogP contribution in [0.4, 0.5) is 22.0 Å². The Morgan fingerprint density at radius 1 is 0.962 bits per heavy atom. The van der Waals surface area contributed by atoms with Crippen molar-refractivity contribution in [3.63, 3.8) is 0 Å². The maximum Gasteiger partial charge on any atom is 0.323 e. The number of aromatic nitrogens is 2. The lowest BCUT2D eigenvalue weighted by Crippen LogP contribution is -2.19. The largest absolute Gasteiger partial charge is 0.478 e. The number of para-hydroxylation sites is 1. The molecule has 1 aromatic heterocycles. The molecule has 3 rings (SSSR count). The number of ether oxygens (including phenoxy) is 1. The van der Waals surface area contributed by atoms with Gasteiger partial charge in [-0.3, -0.25) is 0 Å². The van der Waals surface area contributed by atoms with E-state index in [1.807, 2.05) is 44.2 Å². The summed E-state index contributed by atoms with van der Waals surface area (Å²) in [5, 5.41) is 8.79. The van der Waals surface area contributed by atoms with E-state index in [1.165, 1.54) is 0 Å². The summed E-state index contributed by atoms with van der Waals surface area (Å²) in [5.74, 6) is 1.01.